The minimum atomic E-state index is -0.476. The van der Waals surface area contributed by atoms with Gasteiger partial charge in [-0.15, -0.1) is 0 Å². The smallest absolute Gasteiger partial charge is 0.269 e. The number of carbonyl (C=O) groups is 1. The van der Waals surface area contributed by atoms with Crippen molar-refractivity contribution in [3.8, 4) is 11.1 Å². The van der Waals surface area contributed by atoms with Gasteiger partial charge in [-0.2, -0.15) is 5.10 Å². The van der Waals surface area contributed by atoms with Crippen LogP contribution in [0.1, 0.15) is 48.6 Å². The van der Waals surface area contributed by atoms with Gasteiger partial charge in [-0.1, -0.05) is 12.5 Å². The van der Waals surface area contributed by atoms with Gasteiger partial charge in [0.25, 0.3) is 5.91 Å². The van der Waals surface area contributed by atoms with Crippen molar-refractivity contribution in [1.82, 2.24) is 14.7 Å². The first-order chi connectivity index (χ1) is 13.1. The van der Waals surface area contributed by atoms with Crippen molar-refractivity contribution in [1.29, 1.82) is 0 Å². The maximum atomic E-state index is 12.1. The van der Waals surface area contributed by atoms with Crippen LogP contribution < -0.4 is 5.73 Å². The Bertz CT molecular complexity index is 977. The fourth-order valence-electron chi connectivity index (χ4n) is 5.00. The summed E-state index contributed by atoms with van der Waals surface area (Å²) in [6.45, 7) is 0. The second-order valence-corrected chi connectivity index (χ2v) is 7.93. The molecule has 27 heavy (non-hydrogen) atoms. The molecular formula is C21H24N4O2. The lowest BCUT2D eigenvalue weighted by molar-refractivity contribution is 0.0379. The molecular weight excluding hydrogens is 340 g/mol. The molecule has 2 aliphatic rings. The van der Waals surface area contributed by atoms with E-state index in [4.69, 9.17) is 10.2 Å². The fourth-order valence-corrected chi connectivity index (χ4v) is 5.00. The van der Waals surface area contributed by atoms with Crippen LogP contribution in [-0.2, 0) is 0 Å². The van der Waals surface area contributed by atoms with E-state index in [1.165, 1.54) is 19.3 Å². The Kier molecular flexibility index (Phi) is 3.82. The summed E-state index contributed by atoms with van der Waals surface area (Å²) in [4.78, 5) is 14.6. The highest BCUT2D eigenvalue weighted by Crippen LogP contribution is 2.39. The number of rotatable bonds is 3. The lowest BCUT2D eigenvalue weighted by atomic mass is 9.82. The molecule has 3 aromatic rings. The maximum absolute atomic E-state index is 12.1. The van der Waals surface area contributed by atoms with Crippen LogP contribution >= 0.6 is 0 Å². The number of amides is 1. The van der Waals surface area contributed by atoms with E-state index < -0.39 is 5.91 Å². The second kappa shape index (κ2) is 6.23. The zero-order valence-electron chi connectivity index (χ0n) is 15.5. The molecule has 5 rings (SSSR count). The number of hydrogen-bond acceptors (Lipinski definition) is 4. The molecule has 140 valence electrons. The Hall–Kier alpha value is -2.60. The average molecular weight is 364 g/mol. The predicted octanol–water partition coefficient (Wildman–Crippen LogP) is 3.58. The van der Waals surface area contributed by atoms with Crippen LogP contribution in [0.3, 0.4) is 0 Å². The maximum Gasteiger partial charge on any atom is 0.269 e. The largest absolute Gasteiger partial charge is 0.472 e. The molecule has 0 radical (unpaired) electrons. The van der Waals surface area contributed by atoms with E-state index >= 15 is 0 Å². The predicted molar refractivity (Wildman–Crippen MR) is 103 cm³/mol. The van der Waals surface area contributed by atoms with Gasteiger partial charge in [-0.3, -0.25) is 9.48 Å². The second-order valence-electron chi connectivity index (χ2n) is 7.93. The molecule has 2 atom stereocenters. The van der Waals surface area contributed by atoms with Gasteiger partial charge >= 0.3 is 0 Å². The molecule has 2 aromatic heterocycles. The summed E-state index contributed by atoms with van der Waals surface area (Å²) in [7, 11) is 2.25. The number of furan rings is 1. The molecule has 2 N–H and O–H groups in total. The Labute approximate surface area is 157 Å². The molecule has 1 aromatic carbocycles. The van der Waals surface area contributed by atoms with Gasteiger partial charge < -0.3 is 15.1 Å². The molecule has 2 unspecified atom stereocenters. The Morgan fingerprint density at radius 1 is 1.15 bits per heavy atom. The molecule has 0 aliphatic carbocycles. The number of nitrogens with two attached hydrogens (primary N) is 1. The normalized spacial score (nSPS) is 25.7. The molecule has 1 amide bonds. The molecule has 2 bridgehead atoms. The Balaban J connectivity index is 1.60. The minimum absolute atomic E-state index is 0.312. The SMILES string of the molecule is CN1C2CCCC1CC(n1nc(C(N)=O)c3cc(-c4ccoc4)ccc31)C2. The molecule has 0 saturated carbocycles. The molecule has 6 nitrogen and oxygen atoms in total. The first-order valence-electron chi connectivity index (χ1n) is 9.68. The summed E-state index contributed by atoms with van der Waals surface area (Å²) in [6.07, 6.45) is 9.30. The van der Waals surface area contributed by atoms with Crippen LogP contribution in [-0.4, -0.2) is 39.7 Å². The van der Waals surface area contributed by atoms with Gasteiger partial charge in [0.1, 0.15) is 0 Å². The van der Waals surface area contributed by atoms with Crippen molar-refractivity contribution in [2.24, 2.45) is 5.73 Å². The van der Waals surface area contributed by atoms with E-state index in [1.54, 1.807) is 12.5 Å². The summed E-state index contributed by atoms with van der Waals surface area (Å²) in [5, 5.41) is 5.51. The highest BCUT2D eigenvalue weighted by molar-refractivity contribution is 6.05. The van der Waals surface area contributed by atoms with Crippen molar-refractivity contribution < 1.29 is 9.21 Å². The summed E-state index contributed by atoms with van der Waals surface area (Å²) >= 11 is 0. The number of benzene rings is 1. The fraction of sp³-hybridized carbons (Fsp3) is 0.429. The third-order valence-corrected chi connectivity index (χ3v) is 6.45. The van der Waals surface area contributed by atoms with Crippen molar-refractivity contribution in [3.63, 3.8) is 0 Å². The van der Waals surface area contributed by atoms with Crippen LogP contribution in [0.5, 0.6) is 0 Å². The average Bonchev–Trinajstić information content (AvgIpc) is 3.29. The number of nitrogens with zero attached hydrogens (tertiary/aromatic N) is 3. The standard InChI is InChI=1S/C21H24N4O2/c1-24-15-3-2-4-16(24)11-17(10-15)25-19-6-5-13(14-7-8-27-12-14)9-18(19)20(23-25)21(22)26/h5-9,12,15-17H,2-4,10-11H2,1H3,(H2,22,26). The first-order valence-corrected chi connectivity index (χ1v) is 9.68. The minimum Gasteiger partial charge on any atom is -0.472 e. The summed E-state index contributed by atoms with van der Waals surface area (Å²) in [6, 6.07) is 9.55. The van der Waals surface area contributed by atoms with Crippen molar-refractivity contribution in [2.75, 3.05) is 7.05 Å². The molecule has 2 fully saturated rings. The van der Waals surface area contributed by atoms with Crippen LogP contribution in [0.15, 0.2) is 41.2 Å². The van der Waals surface area contributed by atoms with Gasteiger partial charge in [0.15, 0.2) is 5.69 Å². The number of fused-ring (bicyclic) bond motifs is 3. The van der Waals surface area contributed by atoms with Crippen molar-refractivity contribution in [2.45, 2.75) is 50.2 Å². The van der Waals surface area contributed by atoms with Crippen LogP contribution in [0.4, 0.5) is 0 Å². The highest BCUT2D eigenvalue weighted by Gasteiger charge is 2.37. The van der Waals surface area contributed by atoms with E-state index in [0.29, 0.717) is 23.8 Å². The molecule has 2 saturated heterocycles. The van der Waals surface area contributed by atoms with E-state index in [1.807, 2.05) is 12.1 Å². The van der Waals surface area contributed by atoms with E-state index in [2.05, 4.69) is 33.9 Å². The third kappa shape index (κ3) is 2.67. The number of carbonyl (C=O) groups excluding carboxylic acids is 1. The molecule has 0 spiro atoms. The van der Waals surface area contributed by atoms with Crippen LogP contribution in [0.25, 0.3) is 22.0 Å². The summed E-state index contributed by atoms with van der Waals surface area (Å²) in [5.41, 5.74) is 8.99. The molecule has 2 aliphatic heterocycles. The Morgan fingerprint density at radius 2 is 1.93 bits per heavy atom. The zero-order chi connectivity index (χ0) is 18.5. The van der Waals surface area contributed by atoms with Crippen molar-refractivity contribution >= 4 is 16.8 Å². The topological polar surface area (TPSA) is 77.3 Å². The van der Waals surface area contributed by atoms with Gasteiger partial charge in [0.05, 0.1) is 24.1 Å². The number of piperidine rings is 2. The summed E-state index contributed by atoms with van der Waals surface area (Å²) in [5.74, 6) is -0.476. The van der Waals surface area contributed by atoms with E-state index in [-0.39, 0.29) is 0 Å². The first kappa shape index (κ1) is 16.6. The van der Waals surface area contributed by atoms with Crippen LogP contribution in [0, 0.1) is 0 Å². The van der Waals surface area contributed by atoms with Crippen LogP contribution in [0.2, 0.25) is 0 Å². The lowest BCUT2D eigenvalue weighted by Gasteiger charge is -2.47. The lowest BCUT2D eigenvalue weighted by Crippen LogP contribution is -2.50. The van der Waals surface area contributed by atoms with Gasteiger partial charge in [0, 0.05) is 23.0 Å². The number of primary amides is 1. The molecule has 6 heteroatoms. The number of hydrogen-bond donors (Lipinski definition) is 1. The summed E-state index contributed by atoms with van der Waals surface area (Å²) < 4.78 is 7.26. The zero-order valence-corrected chi connectivity index (χ0v) is 15.5. The molecule has 4 heterocycles. The quantitative estimate of drug-likeness (QED) is 0.770. The van der Waals surface area contributed by atoms with E-state index in [9.17, 15) is 4.79 Å². The van der Waals surface area contributed by atoms with Crippen molar-refractivity contribution in [3.05, 3.63) is 42.5 Å². The van der Waals surface area contributed by atoms with Gasteiger partial charge in [0.2, 0.25) is 0 Å². The Morgan fingerprint density at radius 3 is 2.59 bits per heavy atom. The van der Waals surface area contributed by atoms with E-state index in [0.717, 1.165) is 34.9 Å². The number of aromatic nitrogens is 2. The monoisotopic (exact) mass is 364 g/mol. The highest BCUT2D eigenvalue weighted by atomic mass is 16.3. The van der Waals surface area contributed by atoms with Gasteiger partial charge in [-0.05, 0) is 56.5 Å². The van der Waals surface area contributed by atoms with Gasteiger partial charge in [-0.25, -0.2) is 0 Å². The third-order valence-electron chi connectivity index (χ3n) is 6.45.